The molecule has 0 spiro atoms. The van der Waals surface area contributed by atoms with Crippen LogP contribution >= 0.6 is 0 Å². The summed E-state index contributed by atoms with van der Waals surface area (Å²) in [6, 6.07) is 0.565. The van der Waals surface area contributed by atoms with E-state index in [2.05, 4.69) is 13.8 Å². The molecule has 2 nitrogen and oxygen atoms in total. The van der Waals surface area contributed by atoms with E-state index in [9.17, 15) is 0 Å². The summed E-state index contributed by atoms with van der Waals surface area (Å²) in [7, 11) is 0. The molecule has 0 radical (unpaired) electrons. The molecule has 2 aliphatic rings. The Bertz CT molecular complexity index is 240. The van der Waals surface area contributed by atoms with E-state index < -0.39 is 0 Å². The van der Waals surface area contributed by atoms with Crippen molar-refractivity contribution < 1.29 is 0 Å². The Morgan fingerprint density at radius 2 is 1.92 bits per heavy atom. The summed E-state index contributed by atoms with van der Waals surface area (Å²) in [6.45, 7) is 4.22. The van der Waals surface area contributed by atoms with Crippen LogP contribution in [0.5, 0.6) is 0 Å². The zero-order valence-corrected chi connectivity index (χ0v) is 8.59. The Balaban J connectivity index is 2.24. The van der Waals surface area contributed by atoms with Crippen molar-refractivity contribution in [2.75, 3.05) is 0 Å². The molecule has 4 unspecified atom stereocenters. The van der Waals surface area contributed by atoms with E-state index in [1.165, 1.54) is 24.8 Å². The highest BCUT2D eigenvalue weighted by Gasteiger charge is 2.39. The van der Waals surface area contributed by atoms with E-state index in [1.54, 1.807) is 5.57 Å². The minimum absolute atomic E-state index is 0.251. The molecule has 2 rings (SSSR count). The SMILES string of the molecule is CC(N)C1=C2CC(C1)CC2C(C)N. The Morgan fingerprint density at radius 1 is 1.23 bits per heavy atom. The van der Waals surface area contributed by atoms with E-state index in [0.717, 1.165) is 5.92 Å². The van der Waals surface area contributed by atoms with Crippen LogP contribution in [0.3, 0.4) is 0 Å². The average molecular weight is 180 g/mol. The fourth-order valence-corrected chi connectivity index (χ4v) is 3.02. The second-order valence-electron chi connectivity index (χ2n) is 4.81. The van der Waals surface area contributed by atoms with Gasteiger partial charge in [0.1, 0.15) is 0 Å². The van der Waals surface area contributed by atoms with E-state index in [4.69, 9.17) is 11.5 Å². The van der Waals surface area contributed by atoms with Crippen molar-refractivity contribution in [2.45, 2.75) is 45.2 Å². The first kappa shape index (κ1) is 9.22. The third kappa shape index (κ3) is 1.42. The van der Waals surface area contributed by atoms with Gasteiger partial charge in [-0.05, 0) is 44.9 Å². The van der Waals surface area contributed by atoms with Crippen LogP contribution in [0.15, 0.2) is 11.1 Å². The van der Waals surface area contributed by atoms with Crippen LogP contribution in [0.2, 0.25) is 0 Å². The molecular weight excluding hydrogens is 160 g/mol. The van der Waals surface area contributed by atoms with Gasteiger partial charge in [0.25, 0.3) is 0 Å². The molecule has 1 saturated carbocycles. The Kier molecular flexibility index (Phi) is 2.20. The molecule has 13 heavy (non-hydrogen) atoms. The van der Waals surface area contributed by atoms with Crippen molar-refractivity contribution in [3.8, 4) is 0 Å². The first-order valence-corrected chi connectivity index (χ1v) is 5.32. The largest absolute Gasteiger partial charge is 0.327 e. The van der Waals surface area contributed by atoms with E-state index >= 15 is 0 Å². The fourth-order valence-electron chi connectivity index (χ4n) is 3.02. The quantitative estimate of drug-likeness (QED) is 0.631. The normalized spacial score (nSPS) is 36.9. The fraction of sp³-hybridized carbons (Fsp3) is 0.818. The first-order chi connectivity index (χ1) is 6.09. The predicted octanol–water partition coefficient (Wildman–Crippen LogP) is 1.41. The maximum absolute atomic E-state index is 5.97. The van der Waals surface area contributed by atoms with Gasteiger partial charge in [-0.1, -0.05) is 11.1 Å². The van der Waals surface area contributed by atoms with Crippen molar-refractivity contribution in [2.24, 2.45) is 23.3 Å². The standard InChI is InChI=1S/C11H20N2/c1-6(12)9-3-8-4-10(7(2)13)11(9)5-8/h6-9H,3-5,12-13H2,1-2H3. The zero-order valence-electron chi connectivity index (χ0n) is 8.59. The molecule has 0 amide bonds. The maximum atomic E-state index is 5.97. The summed E-state index contributed by atoms with van der Waals surface area (Å²) in [5, 5.41) is 0. The Morgan fingerprint density at radius 3 is 2.38 bits per heavy atom. The summed E-state index contributed by atoms with van der Waals surface area (Å²) < 4.78 is 0. The van der Waals surface area contributed by atoms with Crippen molar-refractivity contribution >= 4 is 0 Å². The van der Waals surface area contributed by atoms with Gasteiger partial charge in [-0.25, -0.2) is 0 Å². The minimum Gasteiger partial charge on any atom is -0.327 e. The van der Waals surface area contributed by atoms with E-state index in [-0.39, 0.29) is 6.04 Å². The van der Waals surface area contributed by atoms with Crippen molar-refractivity contribution in [1.82, 2.24) is 0 Å². The monoisotopic (exact) mass is 180 g/mol. The maximum Gasteiger partial charge on any atom is 0.0227 e. The van der Waals surface area contributed by atoms with Crippen LogP contribution in [0, 0.1) is 11.8 Å². The first-order valence-electron chi connectivity index (χ1n) is 5.32. The van der Waals surface area contributed by atoms with Crippen molar-refractivity contribution in [3.63, 3.8) is 0 Å². The molecule has 4 N–H and O–H groups in total. The van der Waals surface area contributed by atoms with Crippen LogP contribution in [0.25, 0.3) is 0 Å². The third-order valence-electron chi connectivity index (χ3n) is 3.65. The molecule has 2 aliphatic carbocycles. The molecule has 1 fully saturated rings. The van der Waals surface area contributed by atoms with Gasteiger partial charge in [0.15, 0.2) is 0 Å². The van der Waals surface area contributed by atoms with Gasteiger partial charge in [0, 0.05) is 12.1 Å². The third-order valence-corrected chi connectivity index (χ3v) is 3.65. The highest BCUT2D eigenvalue weighted by Crippen LogP contribution is 2.49. The number of fused-ring (bicyclic) bond motifs is 2. The molecule has 2 heteroatoms. The van der Waals surface area contributed by atoms with Crippen LogP contribution in [0.1, 0.15) is 33.1 Å². The van der Waals surface area contributed by atoms with Crippen LogP contribution in [-0.2, 0) is 0 Å². The topological polar surface area (TPSA) is 52.0 Å². The van der Waals surface area contributed by atoms with E-state index in [0.29, 0.717) is 12.0 Å². The molecule has 0 aliphatic heterocycles. The zero-order chi connectivity index (χ0) is 9.59. The summed E-state index contributed by atoms with van der Waals surface area (Å²) in [6.07, 6.45) is 3.84. The van der Waals surface area contributed by atoms with Gasteiger partial charge in [-0.2, -0.15) is 0 Å². The molecule has 0 aromatic rings. The van der Waals surface area contributed by atoms with Gasteiger partial charge < -0.3 is 11.5 Å². The predicted molar refractivity (Wildman–Crippen MR) is 55.2 cm³/mol. The van der Waals surface area contributed by atoms with Gasteiger partial charge in [-0.3, -0.25) is 0 Å². The summed E-state index contributed by atoms with van der Waals surface area (Å²) >= 11 is 0. The van der Waals surface area contributed by atoms with Gasteiger partial charge in [-0.15, -0.1) is 0 Å². The molecule has 4 atom stereocenters. The lowest BCUT2D eigenvalue weighted by molar-refractivity contribution is 0.427. The summed E-state index contributed by atoms with van der Waals surface area (Å²) in [4.78, 5) is 0. The number of hydrogen-bond donors (Lipinski definition) is 2. The molecular formula is C11H20N2. The number of rotatable bonds is 2. The smallest absolute Gasteiger partial charge is 0.0227 e. The van der Waals surface area contributed by atoms with Crippen LogP contribution in [0.4, 0.5) is 0 Å². The van der Waals surface area contributed by atoms with E-state index in [1.807, 2.05) is 0 Å². The second-order valence-corrected chi connectivity index (χ2v) is 4.81. The number of hydrogen-bond acceptors (Lipinski definition) is 2. The molecule has 2 bridgehead atoms. The van der Waals surface area contributed by atoms with Crippen LogP contribution in [-0.4, -0.2) is 12.1 Å². The highest BCUT2D eigenvalue weighted by atomic mass is 14.7. The van der Waals surface area contributed by atoms with Gasteiger partial charge in [0.05, 0.1) is 0 Å². The number of nitrogens with two attached hydrogens (primary N) is 2. The molecule has 0 aromatic heterocycles. The lowest BCUT2D eigenvalue weighted by atomic mass is 9.84. The second kappa shape index (κ2) is 3.10. The molecule has 0 heterocycles. The molecule has 74 valence electrons. The van der Waals surface area contributed by atoms with Crippen LogP contribution < -0.4 is 11.5 Å². The van der Waals surface area contributed by atoms with Crippen molar-refractivity contribution in [1.29, 1.82) is 0 Å². The van der Waals surface area contributed by atoms with Gasteiger partial charge >= 0.3 is 0 Å². The Hall–Kier alpha value is -0.340. The average Bonchev–Trinajstić information content (AvgIpc) is 2.60. The highest BCUT2D eigenvalue weighted by molar-refractivity contribution is 5.32. The molecule has 0 saturated heterocycles. The lowest BCUT2D eigenvalue weighted by Crippen LogP contribution is -2.30. The summed E-state index contributed by atoms with van der Waals surface area (Å²) in [5.41, 5.74) is 15.0. The molecule has 0 aromatic carbocycles. The van der Waals surface area contributed by atoms with Crippen molar-refractivity contribution in [3.05, 3.63) is 11.1 Å². The summed E-state index contributed by atoms with van der Waals surface area (Å²) in [5.74, 6) is 1.51. The minimum atomic E-state index is 0.251. The lowest BCUT2D eigenvalue weighted by Gasteiger charge is -2.25. The van der Waals surface area contributed by atoms with Gasteiger partial charge in [0.2, 0.25) is 0 Å². The Labute approximate surface area is 80.4 Å².